The minimum absolute atomic E-state index is 0.536. The number of piperidine rings is 1. The van der Waals surface area contributed by atoms with Crippen molar-refractivity contribution in [2.24, 2.45) is 0 Å². The quantitative estimate of drug-likeness (QED) is 0.857. The Kier molecular flexibility index (Phi) is 4.11. The molecule has 20 heavy (non-hydrogen) atoms. The summed E-state index contributed by atoms with van der Waals surface area (Å²) >= 11 is 0. The lowest BCUT2D eigenvalue weighted by atomic mass is 10.1. The molecular formula is C16H19FN2O. The molecule has 0 saturated carbocycles. The average molecular weight is 274 g/mol. The van der Waals surface area contributed by atoms with Gasteiger partial charge < -0.3 is 4.74 Å². The van der Waals surface area contributed by atoms with Gasteiger partial charge in [0.25, 0.3) is 0 Å². The molecule has 0 radical (unpaired) electrons. The van der Waals surface area contributed by atoms with E-state index in [1.807, 2.05) is 36.4 Å². The molecule has 1 aliphatic rings. The van der Waals surface area contributed by atoms with Crippen LogP contribution in [0.3, 0.4) is 0 Å². The van der Waals surface area contributed by atoms with Crippen molar-refractivity contribution in [3.05, 3.63) is 36.4 Å². The van der Waals surface area contributed by atoms with E-state index in [-0.39, 0.29) is 0 Å². The molecule has 0 spiro atoms. The topological polar surface area (TPSA) is 25.4 Å². The van der Waals surface area contributed by atoms with Crippen LogP contribution in [0.1, 0.15) is 12.8 Å². The van der Waals surface area contributed by atoms with E-state index >= 15 is 0 Å². The van der Waals surface area contributed by atoms with Gasteiger partial charge in [-0.25, -0.2) is 9.37 Å². The summed E-state index contributed by atoms with van der Waals surface area (Å²) in [5.41, 5.74) is 0.937. The number of ether oxygens (including phenoxy) is 1. The Morgan fingerprint density at radius 3 is 3.05 bits per heavy atom. The van der Waals surface area contributed by atoms with Crippen molar-refractivity contribution < 1.29 is 9.13 Å². The molecule has 0 aliphatic carbocycles. The van der Waals surface area contributed by atoms with Crippen molar-refractivity contribution >= 4 is 10.9 Å². The fourth-order valence-electron chi connectivity index (χ4n) is 2.61. The van der Waals surface area contributed by atoms with Gasteiger partial charge >= 0.3 is 0 Å². The van der Waals surface area contributed by atoms with Gasteiger partial charge in [0.2, 0.25) is 5.88 Å². The number of pyridine rings is 1. The first-order valence-electron chi connectivity index (χ1n) is 7.16. The third kappa shape index (κ3) is 3.25. The molecule has 1 saturated heterocycles. The Morgan fingerprint density at radius 2 is 2.15 bits per heavy atom. The lowest BCUT2D eigenvalue weighted by Gasteiger charge is -2.28. The lowest BCUT2D eigenvalue weighted by molar-refractivity contribution is 0.120. The van der Waals surface area contributed by atoms with Gasteiger partial charge in [0, 0.05) is 24.5 Å². The molecule has 0 bridgehead atoms. The molecule has 0 amide bonds. The van der Waals surface area contributed by atoms with E-state index in [9.17, 15) is 4.39 Å². The number of halogens is 1. The molecule has 3 nitrogen and oxygen atoms in total. The maximum absolute atomic E-state index is 13.3. The third-order valence-electron chi connectivity index (χ3n) is 3.68. The predicted octanol–water partition coefficient (Wildman–Crippen LogP) is 3.05. The van der Waals surface area contributed by atoms with Gasteiger partial charge in [-0.05, 0) is 31.5 Å². The molecule has 1 aliphatic heterocycles. The summed E-state index contributed by atoms with van der Waals surface area (Å²) in [5, 5.41) is 1.11. The number of rotatable bonds is 4. The molecule has 106 valence electrons. The summed E-state index contributed by atoms with van der Waals surface area (Å²) in [4.78, 5) is 6.58. The van der Waals surface area contributed by atoms with Gasteiger partial charge in [0.15, 0.2) is 0 Å². The lowest BCUT2D eigenvalue weighted by Crippen LogP contribution is -2.38. The van der Waals surface area contributed by atoms with E-state index in [1.165, 1.54) is 0 Å². The first-order valence-corrected chi connectivity index (χ1v) is 7.16. The Bertz CT molecular complexity index is 575. The highest BCUT2D eigenvalue weighted by molar-refractivity contribution is 5.78. The summed E-state index contributed by atoms with van der Waals surface area (Å²) in [6.07, 6.45) is 0.960. The highest BCUT2D eigenvalue weighted by Crippen LogP contribution is 2.16. The zero-order chi connectivity index (χ0) is 13.8. The highest BCUT2D eigenvalue weighted by Gasteiger charge is 2.18. The van der Waals surface area contributed by atoms with Crippen molar-refractivity contribution in [1.29, 1.82) is 0 Å². The molecule has 3 rings (SSSR count). The second-order valence-electron chi connectivity index (χ2n) is 5.23. The molecule has 1 fully saturated rings. The molecule has 1 atom stereocenters. The average Bonchev–Trinajstić information content (AvgIpc) is 2.47. The van der Waals surface area contributed by atoms with Gasteiger partial charge in [-0.1, -0.05) is 18.2 Å². The minimum Gasteiger partial charge on any atom is -0.476 e. The summed E-state index contributed by atoms with van der Waals surface area (Å²) in [6, 6.07) is 11.9. The first-order chi connectivity index (χ1) is 9.81. The molecule has 1 aromatic carbocycles. The Morgan fingerprint density at radius 1 is 1.25 bits per heavy atom. The molecular weight excluding hydrogens is 255 g/mol. The monoisotopic (exact) mass is 274 g/mol. The van der Waals surface area contributed by atoms with E-state index in [4.69, 9.17) is 4.74 Å². The van der Waals surface area contributed by atoms with Gasteiger partial charge in [-0.15, -0.1) is 0 Å². The van der Waals surface area contributed by atoms with Crippen LogP contribution in [0, 0.1) is 0 Å². The summed E-state index contributed by atoms with van der Waals surface area (Å²) in [7, 11) is 0. The van der Waals surface area contributed by atoms with E-state index in [1.54, 1.807) is 0 Å². The smallest absolute Gasteiger partial charge is 0.213 e. The number of fused-ring (bicyclic) bond motifs is 1. The number of alkyl halides is 1. The largest absolute Gasteiger partial charge is 0.476 e. The predicted molar refractivity (Wildman–Crippen MR) is 77.8 cm³/mol. The van der Waals surface area contributed by atoms with Crippen LogP contribution < -0.4 is 4.74 Å². The van der Waals surface area contributed by atoms with Crippen molar-refractivity contribution in [2.75, 3.05) is 26.2 Å². The van der Waals surface area contributed by atoms with Crippen LogP contribution in [0.2, 0.25) is 0 Å². The number of likely N-dealkylation sites (tertiary alicyclic amines) is 1. The third-order valence-corrected chi connectivity index (χ3v) is 3.68. The number of benzene rings is 1. The van der Waals surface area contributed by atoms with Crippen LogP contribution in [0.15, 0.2) is 36.4 Å². The fourth-order valence-corrected chi connectivity index (χ4v) is 2.61. The van der Waals surface area contributed by atoms with Gasteiger partial charge in [0.05, 0.1) is 5.52 Å². The van der Waals surface area contributed by atoms with Crippen LogP contribution in [0.25, 0.3) is 10.9 Å². The van der Waals surface area contributed by atoms with Crippen molar-refractivity contribution in [2.45, 2.75) is 19.0 Å². The van der Waals surface area contributed by atoms with Crippen LogP contribution in [-0.4, -0.2) is 42.3 Å². The zero-order valence-electron chi connectivity index (χ0n) is 11.5. The van der Waals surface area contributed by atoms with Crippen molar-refractivity contribution in [3.63, 3.8) is 0 Å². The first kappa shape index (κ1) is 13.3. The number of nitrogens with zero attached hydrogens (tertiary/aromatic N) is 2. The van der Waals surface area contributed by atoms with Gasteiger partial charge in [0.1, 0.15) is 12.8 Å². The maximum atomic E-state index is 13.3. The second-order valence-corrected chi connectivity index (χ2v) is 5.23. The Labute approximate surface area is 118 Å². The molecule has 2 heterocycles. The van der Waals surface area contributed by atoms with E-state index in [2.05, 4.69) is 9.88 Å². The fraction of sp³-hybridized carbons (Fsp3) is 0.438. The molecule has 1 aromatic heterocycles. The number of para-hydroxylation sites is 1. The van der Waals surface area contributed by atoms with E-state index in [0.29, 0.717) is 25.5 Å². The Hall–Kier alpha value is -1.68. The normalized spacial score (nSPS) is 20.1. The Balaban J connectivity index is 1.54. The summed E-state index contributed by atoms with van der Waals surface area (Å²) < 4.78 is 18.9. The van der Waals surface area contributed by atoms with Crippen LogP contribution in [0.5, 0.6) is 5.88 Å². The molecule has 2 aromatic rings. The van der Waals surface area contributed by atoms with E-state index in [0.717, 1.165) is 30.4 Å². The van der Waals surface area contributed by atoms with E-state index < -0.39 is 6.17 Å². The minimum atomic E-state index is -0.678. The highest BCUT2D eigenvalue weighted by atomic mass is 19.1. The maximum Gasteiger partial charge on any atom is 0.213 e. The van der Waals surface area contributed by atoms with Gasteiger partial charge in [-0.2, -0.15) is 0 Å². The zero-order valence-corrected chi connectivity index (χ0v) is 11.5. The molecule has 1 unspecified atom stereocenters. The standard InChI is InChI=1S/C16H19FN2O/c17-14-5-3-9-19(12-14)10-11-20-16-8-7-13-4-1-2-6-15(13)18-16/h1-2,4,6-8,14H,3,5,9-12H2. The van der Waals surface area contributed by atoms with Crippen molar-refractivity contribution in [3.8, 4) is 5.88 Å². The van der Waals surface area contributed by atoms with Crippen LogP contribution in [-0.2, 0) is 0 Å². The van der Waals surface area contributed by atoms with Crippen molar-refractivity contribution in [1.82, 2.24) is 9.88 Å². The molecule has 0 N–H and O–H groups in total. The number of hydrogen-bond donors (Lipinski definition) is 0. The summed E-state index contributed by atoms with van der Waals surface area (Å²) in [5.74, 6) is 0.637. The molecule has 4 heteroatoms. The second kappa shape index (κ2) is 6.18. The van der Waals surface area contributed by atoms with Crippen LogP contribution in [0.4, 0.5) is 4.39 Å². The van der Waals surface area contributed by atoms with Crippen LogP contribution >= 0.6 is 0 Å². The number of hydrogen-bond acceptors (Lipinski definition) is 3. The summed E-state index contributed by atoms with van der Waals surface area (Å²) in [6.45, 7) is 2.82. The van der Waals surface area contributed by atoms with Gasteiger partial charge in [-0.3, -0.25) is 4.90 Å². The SMILES string of the molecule is FC1CCCN(CCOc2ccc3ccccc3n2)C1. The number of aromatic nitrogens is 1.